The maximum absolute atomic E-state index is 8.40. The molecule has 0 N–H and O–H groups in total. The maximum atomic E-state index is 8.40. The molecule has 0 aliphatic heterocycles. The van der Waals surface area contributed by atoms with Crippen LogP contribution in [0.25, 0.3) is 0 Å². The highest BCUT2D eigenvalue weighted by Crippen LogP contribution is 2.29. The highest BCUT2D eigenvalue weighted by atomic mass is 16.5. The molecule has 0 aromatic rings. The summed E-state index contributed by atoms with van der Waals surface area (Å²) in [6, 6.07) is 1.89. The Balaban J connectivity index is 2.20. The zero-order valence-electron chi connectivity index (χ0n) is 6.47. The Kier molecular flexibility index (Phi) is 2.32. The Hall–Kier alpha value is -1.23. The summed E-state index contributed by atoms with van der Waals surface area (Å²) in [4.78, 5) is 0. The van der Waals surface area contributed by atoms with Crippen LogP contribution in [0.2, 0.25) is 0 Å². The van der Waals surface area contributed by atoms with Gasteiger partial charge in [-0.3, -0.25) is 0 Å². The number of rotatable bonds is 4. The normalized spacial score (nSPS) is 15.2. The molecule has 0 aromatic carbocycles. The van der Waals surface area contributed by atoms with Crippen molar-refractivity contribution >= 4 is 0 Å². The van der Waals surface area contributed by atoms with E-state index in [1.54, 1.807) is 0 Å². The molecule has 1 rings (SSSR count). The molecule has 2 heteroatoms. The third-order valence-corrected chi connectivity index (χ3v) is 1.66. The van der Waals surface area contributed by atoms with Crippen molar-refractivity contribution in [2.24, 2.45) is 5.92 Å². The van der Waals surface area contributed by atoms with Gasteiger partial charge in [0.15, 0.2) is 0 Å². The summed E-state index contributed by atoms with van der Waals surface area (Å²) in [7, 11) is 0. The lowest BCUT2D eigenvalue weighted by Crippen LogP contribution is -1.96. The second kappa shape index (κ2) is 3.25. The average Bonchev–Trinajstić information content (AvgIpc) is 2.81. The molecule has 1 fully saturated rings. The van der Waals surface area contributed by atoms with Crippen LogP contribution < -0.4 is 0 Å². The molecule has 58 valence electrons. The third-order valence-electron chi connectivity index (χ3n) is 1.66. The Morgan fingerprint density at radius 2 is 2.18 bits per heavy atom. The summed E-state index contributed by atoms with van der Waals surface area (Å²) in [5, 5.41) is 8.40. The fourth-order valence-electron chi connectivity index (χ4n) is 0.652. The van der Waals surface area contributed by atoms with Gasteiger partial charge in [0.2, 0.25) is 0 Å². The number of hydrogen-bond donors (Lipinski definition) is 0. The zero-order valence-corrected chi connectivity index (χ0v) is 6.47. The standard InChI is InChI=1S/C9H11NO/c1-7(5-10)8(2)11-6-9-3-4-9/h9H,1-4,6H2. The van der Waals surface area contributed by atoms with E-state index in [0.29, 0.717) is 23.9 Å². The Morgan fingerprint density at radius 1 is 1.55 bits per heavy atom. The Morgan fingerprint density at radius 3 is 2.64 bits per heavy atom. The fraction of sp³-hybridized carbons (Fsp3) is 0.444. The van der Waals surface area contributed by atoms with Crippen LogP contribution in [0.1, 0.15) is 12.8 Å². The van der Waals surface area contributed by atoms with Crippen LogP contribution in [0.5, 0.6) is 0 Å². The molecule has 2 nitrogen and oxygen atoms in total. The molecule has 0 spiro atoms. The monoisotopic (exact) mass is 149 g/mol. The lowest BCUT2D eigenvalue weighted by atomic mass is 10.3. The largest absolute Gasteiger partial charge is 0.493 e. The number of hydrogen-bond acceptors (Lipinski definition) is 2. The number of nitrogens with zero attached hydrogens (tertiary/aromatic N) is 1. The summed E-state index contributed by atoms with van der Waals surface area (Å²) >= 11 is 0. The van der Waals surface area contributed by atoms with E-state index in [4.69, 9.17) is 10.00 Å². The number of nitriles is 1. The number of allylic oxidation sites excluding steroid dienone is 1. The van der Waals surface area contributed by atoms with Gasteiger partial charge >= 0.3 is 0 Å². The van der Waals surface area contributed by atoms with Crippen molar-refractivity contribution in [1.82, 2.24) is 0 Å². The molecule has 0 atom stereocenters. The van der Waals surface area contributed by atoms with Crippen LogP contribution in [-0.2, 0) is 4.74 Å². The van der Waals surface area contributed by atoms with E-state index in [0.717, 1.165) is 0 Å². The highest BCUT2D eigenvalue weighted by molar-refractivity contribution is 5.33. The Bertz CT molecular complexity index is 220. The topological polar surface area (TPSA) is 33.0 Å². The lowest BCUT2D eigenvalue weighted by Gasteiger charge is -2.04. The summed E-state index contributed by atoms with van der Waals surface area (Å²) in [5.41, 5.74) is 0.325. The summed E-state index contributed by atoms with van der Waals surface area (Å²) in [6.07, 6.45) is 2.48. The van der Waals surface area contributed by atoms with E-state index in [2.05, 4.69) is 13.2 Å². The van der Waals surface area contributed by atoms with Gasteiger partial charge < -0.3 is 4.74 Å². The van der Waals surface area contributed by atoms with Gasteiger partial charge in [0.05, 0.1) is 12.2 Å². The first kappa shape index (κ1) is 7.87. The second-order valence-electron chi connectivity index (χ2n) is 2.77. The van der Waals surface area contributed by atoms with Crippen molar-refractivity contribution in [2.45, 2.75) is 12.8 Å². The molecule has 1 saturated carbocycles. The van der Waals surface area contributed by atoms with Gasteiger partial charge in [-0.1, -0.05) is 13.2 Å². The minimum atomic E-state index is 0.325. The van der Waals surface area contributed by atoms with E-state index in [1.165, 1.54) is 12.8 Å². The minimum Gasteiger partial charge on any atom is -0.493 e. The molecule has 1 aliphatic rings. The van der Waals surface area contributed by atoms with E-state index < -0.39 is 0 Å². The zero-order chi connectivity index (χ0) is 8.27. The van der Waals surface area contributed by atoms with Crippen molar-refractivity contribution in [2.75, 3.05) is 6.61 Å². The SMILES string of the molecule is C=C(C#N)C(=C)OCC1CC1. The first-order valence-corrected chi connectivity index (χ1v) is 3.65. The summed E-state index contributed by atoms with van der Waals surface area (Å²) < 4.78 is 5.20. The molecule has 0 heterocycles. The van der Waals surface area contributed by atoms with Crippen molar-refractivity contribution in [3.8, 4) is 6.07 Å². The molecule has 11 heavy (non-hydrogen) atoms. The van der Waals surface area contributed by atoms with E-state index in [1.807, 2.05) is 6.07 Å². The highest BCUT2D eigenvalue weighted by Gasteiger charge is 2.22. The smallest absolute Gasteiger partial charge is 0.129 e. The summed E-state index contributed by atoms with van der Waals surface area (Å²) in [5.74, 6) is 1.11. The molecule has 0 radical (unpaired) electrons. The van der Waals surface area contributed by atoms with Gasteiger partial charge in [0, 0.05) is 0 Å². The first-order valence-electron chi connectivity index (χ1n) is 3.65. The number of ether oxygens (including phenoxy) is 1. The van der Waals surface area contributed by atoms with E-state index in [-0.39, 0.29) is 0 Å². The average molecular weight is 149 g/mol. The van der Waals surface area contributed by atoms with Gasteiger partial charge in [0.25, 0.3) is 0 Å². The molecule has 0 amide bonds. The third kappa shape index (κ3) is 2.46. The molecule has 1 aliphatic carbocycles. The van der Waals surface area contributed by atoms with Gasteiger partial charge in [-0.15, -0.1) is 0 Å². The minimum absolute atomic E-state index is 0.325. The molecular weight excluding hydrogens is 138 g/mol. The van der Waals surface area contributed by atoms with Crippen LogP contribution in [0.15, 0.2) is 24.5 Å². The van der Waals surface area contributed by atoms with E-state index in [9.17, 15) is 0 Å². The van der Waals surface area contributed by atoms with Crippen LogP contribution in [0, 0.1) is 17.2 Å². The van der Waals surface area contributed by atoms with Gasteiger partial charge in [0.1, 0.15) is 11.8 Å². The maximum Gasteiger partial charge on any atom is 0.129 e. The lowest BCUT2D eigenvalue weighted by molar-refractivity contribution is 0.210. The summed E-state index contributed by atoms with van der Waals surface area (Å²) in [6.45, 7) is 7.76. The predicted molar refractivity (Wildman–Crippen MR) is 42.6 cm³/mol. The second-order valence-corrected chi connectivity index (χ2v) is 2.77. The van der Waals surface area contributed by atoms with E-state index >= 15 is 0 Å². The molecule has 0 aromatic heterocycles. The van der Waals surface area contributed by atoms with Crippen LogP contribution in [0.4, 0.5) is 0 Å². The van der Waals surface area contributed by atoms with Crippen LogP contribution in [-0.4, -0.2) is 6.61 Å². The van der Waals surface area contributed by atoms with Gasteiger partial charge in [-0.2, -0.15) is 5.26 Å². The molecule has 0 unspecified atom stereocenters. The van der Waals surface area contributed by atoms with Crippen molar-refractivity contribution < 1.29 is 4.74 Å². The Labute approximate surface area is 66.8 Å². The molecule has 0 saturated heterocycles. The quantitative estimate of drug-likeness (QED) is 0.348. The predicted octanol–water partition coefficient (Wildman–Crippen LogP) is 2.01. The van der Waals surface area contributed by atoms with Crippen molar-refractivity contribution in [3.05, 3.63) is 24.5 Å². The van der Waals surface area contributed by atoms with Gasteiger partial charge in [-0.25, -0.2) is 0 Å². The van der Waals surface area contributed by atoms with Crippen LogP contribution >= 0.6 is 0 Å². The van der Waals surface area contributed by atoms with Crippen molar-refractivity contribution in [1.29, 1.82) is 5.26 Å². The van der Waals surface area contributed by atoms with Gasteiger partial charge in [-0.05, 0) is 18.8 Å². The molecule has 0 bridgehead atoms. The fourth-order valence-corrected chi connectivity index (χ4v) is 0.652. The van der Waals surface area contributed by atoms with Crippen molar-refractivity contribution in [3.63, 3.8) is 0 Å². The first-order chi connectivity index (χ1) is 5.24. The molecular formula is C9H11NO. The van der Waals surface area contributed by atoms with Crippen LogP contribution in [0.3, 0.4) is 0 Å².